The van der Waals surface area contributed by atoms with Crippen LogP contribution in [0.2, 0.25) is 0 Å². The van der Waals surface area contributed by atoms with Gasteiger partial charge in [-0.25, -0.2) is 0 Å². The molecule has 1 saturated heterocycles. The van der Waals surface area contributed by atoms with Crippen LogP contribution in [0.5, 0.6) is 0 Å². The van der Waals surface area contributed by atoms with Gasteiger partial charge in [-0.15, -0.1) is 0 Å². The number of carbonyl (C=O) groups excluding carboxylic acids is 1. The van der Waals surface area contributed by atoms with Crippen molar-refractivity contribution < 1.29 is 39.4 Å². The Hall–Kier alpha value is -0.770. The van der Waals surface area contributed by atoms with Crippen molar-refractivity contribution in [3.8, 4) is 0 Å². The maximum absolute atomic E-state index is 11.9. The van der Waals surface area contributed by atoms with Crippen molar-refractivity contribution in [3.63, 3.8) is 0 Å². The van der Waals surface area contributed by atoms with Crippen LogP contribution >= 0.6 is 0 Å². The Morgan fingerprint density at radius 2 is 1.31 bits per heavy atom. The number of hydrogen-bond donors (Lipinski definition) is 4. The number of methoxy groups -OCH3 is 1. The molecule has 214 valence electrons. The van der Waals surface area contributed by atoms with E-state index in [4.69, 9.17) is 14.2 Å². The SMILES string of the molecule is CCCCCCCCCC(CCCCCCC(CCC)C(=O)OC)O[C@@H]1O[C@H](CO)[C@@H](O)[C@H](O)[C@H]1O. The Morgan fingerprint density at radius 3 is 1.83 bits per heavy atom. The van der Waals surface area contributed by atoms with Crippen LogP contribution in [0.4, 0.5) is 0 Å². The van der Waals surface area contributed by atoms with Gasteiger partial charge in [-0.1, -0.05) is 90.9 Å². The molecule has 2 unspecified atom stereocenters. The molecule has 0 saturated carbocycles. The fraction of sp³-hybridized carbons (Fsp3) is 0.964. The lowest BCUT2D eigenvalue weighted by atomic mass is 9.95. The van der Waals surface area contributed by atoms with E-state index in [0.717, 1.165) is 70.6 Å². The topological polar surface area (TPSA) is 126 Å². The molecule has 0 spiro atoms. The summed E-state index contributed by atoms with van der Waals surface area (Å²) < 4.78 is 16.6. The number of unbranched alkanes of at least 4 members (excludes halogenated alkanes) is 9. The first-order chi connectivity index (χ1) is 17.4. The molecule has 1 heterocycles. The van der Waals surface area contributed by atoms with Crippen LogP contribution in [0, 0.1) is 5.92 Å². The highest BCUT2D eigenvalue weighted by Crippen LogP contribution is 2.26. The molecule has 0 amide bonds. The minimum Gasteiger partial charge on any atom is -0.469 e. The van der Waals surface area contributed by atoms with Gasteiger partial charge in [0.1, 0.15) is 24.4 Å². The van der Waals surface area contributed by atoms with Crippen LogP contribution in [-0.2, 0) is 19.0 Å². The minimum atomic E-state index is -1.43. The lowest BCUT2D eigenvalue weighted by molar-refractivity contribution is -0.312. The highest BCUT2D eigenvalue weighted by Gasteiger charge is 2.44. The summed E-state index contributed by atoms with van der Waals surface area (Å²) in [6.07, 6.45) is 10.3. The molecular formula is C28H54O8. The molecule has 0 aromatic rings. The quantitative estimate of drug-likeness (QED) is 0.131. The van der Waals surface area contributed by atoms with Crippen molar-refractivity contribution in [1.82, 2.24) is 0 Å². The Balaban J connectivity index is 2.51. The molecule has 1 rings (SSSR count). The molecule has 0 bridgehead atoms. The van der Waals surface area contributed by atoms with Crippen LogP contribution in [0.15, 0.2) is 0 Å². The van der Waals surface area contributed by atoms with Gasteiger partial charge in [0.05, 0.1) is 25.7 Å². The number of aliphatic hydroxyl groups is 4. The van der Waals surface area contributed by atoms with E-state index in [1.54, 1.807) is 0 Å². The van der Waals surface area contributed by atoms with E-state index in [1.807, 2.05) is 0 Å². The first kappa shape index (κ1) is 33.3. The van der Waals surface area contributed by atoms with Gasteiger partial charge in [0.15, 0.2) is 6.29 Å². The number of hydrogen-bond acceptors (Lipinski definition) is 8. The maximum atomic E-state index is 11.9. The van der Waals surface area contributed by atoms with Crippen LogP contribution in [0.1, 0.15) is 117 Å². The van der Waals surface area contributed by atoms with Crippen LogP contribution in [0.3, 0.4) is 0 Å². The van der Waals surface area contributed by atoms with Crippen molar-refractivity contribution in [2.45, 2.75) is 153 Å². The number of carbonyl (C=O) groups is 1. The van der Waals surface area contributed by atoms with E-state index in [-0.39, 0.29) is 18.0 Å². The Labute approximate surface area is 218 Å². The zero-order valence-corrected chi connectivity index (χ0v) is 23.0. The average Bonchev–Trinajstić information content (AvgIpc) is 2.88. The van der Waals surface area contributed by atoms with Gasteiger partial charge in [-0.05, 0) is 25.7 Å². The zero-order chi connectivity index (χ0) is 26.8. The van der Waals surface area contributed by atoms with Crippen molar-refractivity contribution in [3.05, 3.63) is 0 Å². The minimum absolute atomic E-state index is 0.0143. The molecular weight excluding hydrogens is 464 g/mol. The van der Waals surface area contributed by atoms with Crippen molar-refractivity contribution in [2.75, 3.05) is 13.7 Å². The van der Waals surface area contributed by atoms with Gasteiger partial charge in [-0.3, -0.25) is 4.79 Å². The standard InChI is InChI=1S/C28H54O8/c1-4-6-7-8-9-10-14-18-22(35-28-26(32)25(31)24(30)23(20-29)36-28)19-15-12-11-13-17-21(16-5-2)27(33)34-3/h21-26,28-32H,4-20H2,1-3H3/t21?,22?,23-,24-,25+,26-,28-/m1/s1. The summed E-state index contributed by atoms with van der Waals surface area (Å²) in [5.74, 6) is -0.126. The first-order valence-corrected chi connectivity index (χ1v) is 14.4. The molecule has 0 aromatic carbocycles. The summed E-state index contributed by atoms with van der Waals surface area (Å²) in [5, 5.41) is 40.0. The molecule has 1 fully saturated rings. The molecule has 8 nitrogen and oxygen atoms in total. The predicted molar refractivity (Wildman–Crippen MR) is 139 cm³/mol. The molecule has 36 heavy (non-hydrogen) atoms. The Morgan fingerprint density at radius 1 is 0.750 bits per heavy atom. The molecule has 0 aliphatic carbocycles. The Bertz CT molecular complexity index is 544. The van der Waals surface area contributed by atoms with E-state index in [0.29, 0.717) is 0 Å². The molecule has 1 aliphatic rings. The zero-order valence-electron chi connectivity index (χ0n) is 23.0. The summed E-state index contributed by atoms with van der Waals surface area (Å²) in [5.41, 5.74) is 0. The van der Waals surface area contributed by atoms with Gasteiger partial charge >= 0.3 is 5.97 Å². The second-order valence-corrected chi connectivity index (χ2v) is 10.4. The lowest BCUT2D eigenvalue weighted by Gasteiger charge is -2.41. The van der Waals surface area contributed by atoms with Crippen molar-refractivity contribution in [1.29, 1.82) is 0 Å². The third-order valence-electron chi connectivity index (χ3n) is 7.31. The van der Waals surface area contributed by atoms with Gasteiger partial charge in [0, 0.05) is 0 Å². The van der Waals surface area contributed by atoms with Crippen LogP contribution < -0.4 is 0 Å². The van der Waals surface area contributed by atoms with E-state index in [1.165, 1.54) is 39.2 Å². The molecule has 0 aromatic heterocycles. The van der Waals surface area contributed by atoms with Gasteiger partial charge < -0.3 is 34.6 Å². The van der Waals surface area contributed by atoms with Crippen LogP contribution in [-0.4, -0.2) is 76.9 Å². The van der Waals surface area contributed by atoms with Crippen molar-refractivity contribution in [2.24, 2.45) is 5.92 Å². The molecule has 4 N–H and O–H groups in total. The highest BCUT2D eigenvalue weighted by molar-refractivity contribution is 5.72. The predicted octanol–water partition coefficient (Wildman–Crippen LogP) is 4.24. The number of esters is 1. The highest BCUT2D eigenvalue weighted by atomic mass is 16.7. The lowest BCUT2D eigenvalue weighted by Crippen LogP contribution is -2.59. The summed E-state index contributed by atoms with van der Waals surface area (Å²) in [6.45, 7) is 3.83. The van der Waals surface area contributed by atoms with Crippen molar-refractivity contribution >= 4 is 5.97 Å². The fourth-order valence-corrected chi connectivity index (χ4v) is 4.99. The summed E-state index contributed by atoms with van der Waals surface area (Å²) in [6, 6.07) is 0. The number of aliphatic hydroxyl groups excluding tert-OH is 4. The Kier molecular flexibility index (Phi) is 18.7. The second-order valence-electron chi connectivity index (χ2n) is 10.4. The normalized spacial score (nSPS) is 26.0. The summed E-state index contributed by atoms with van der Waals surface area (Å²) in [4.78, 5) is 11.9. The third kappa shape index (κ3) is 12.7. The molecule has 1 aliphatic heterocycles. The number of ether oxygens (including phenoxy) is 3. The van der Waals surface area contributed by atoms with Crippen LogP contribution in [0.25, 0.3) is 0 Å². The smallest absolute Gasteiger partial charge is 0.308 e. The molecule has 7 atom stereocenters. The molecule has 0 radical (unpaired) electrons. The third-order valence-corrected chi connectivity index (χ3v) is 7.31. The maximum Gasteiger partial charge on any atom is 0.308 e. The molecule has 8 heteroatoms. The largest absolute Gasteiger partial charge is 0.469 e. The van der Waals surface area contributed by atoms with Gasteiger partial charge in [-0.2, -0.15) is 0 Å². The second kappa shape index (κ2) is 20.2. The summed E-state index contributed by atoms with van der Waals surface area (Å²) in [7, 11) is 1.45. The number of rotatable bonds is 21. The van der Waals surface area contributed by atoms with Gasteiger partial charge in [0.25, 0.3) is 0 Å². The monoisotopic (exact) mass is 518 g/mol. The van der Waals surface area contributed by atoms with E-state index in [9.17, 15) is 25.2 Å². The van der Waals surface area contributed by atoms with E-state index < -0.39 is 37.3 Å². The average molecular weight is 519 g/mol. The van der Waals surface area contributed by atoms with E-state index >= 15 is 0 Å². The fourth-order valence-electron chi connectivity index (χ4n) is 4.99. The van der Waals surface area contributed by atoms with E-state index in [2.05, 4.69) is 13.8 Å². The van der Waals surface area contributed by atoms with Gasteiger partial charge in [0.2, 0.25) is 0 Å². The summed E-state index contributed by atoms with van der Waals surface area (Å²) >= 11 is 0. The first-order valence-electron chi connectivity index (χ1n) is 14.4.